The molecule has 0 heterocycles. The van der Waals surface area contributed by atoms with Gasteiger partial charge < -0.3 is 9.64 Å². The maximum absolute atomic E-state index is 13.0. The predicted octanol–water partition coefficient (Wildman–Crippen LogP) is 4.57. The van der Waals surface area contributed by atoms with Crippen LogP contribution in [0.2, 0.25) is 5.02 Å². The highest BCUT2D eigenvalue weighted by atomic mass is 35.5. The molecule has 0 spiro atoms. The summed E-state index contributed by atoms with van der Waals surface area (Å²) < 4.78 is 5.21. The van der Waals surface area contributed by atoms with Gasteiger partial charge in [0, 0.05) is 17.6 Å². The zero-order valence-corrected chi connectivity index (χ0v) is 17.3. The zero-order chi connectivity index (χ0) is 20.1. The number of hydrogen-bond donors (Lipinski definition) is 0. The molecule has 1 unspecified atom stereocenters. The van der Waals surface area contributed by atoms with Gasteiger partial charge >= 0.3 is 5.97 Å². The van der Waals surface area contributed by atoms with Crippen LogP contribution < -0.4 is 0 Å². The number of carbonyl (C=O) groups excluding carboxylic acids is 2. The Hall–Kier alpha value is -2.33. The Morgan fingerprint density at radius 2 is 1.70 bits per heavy atom. The number of esters is 1. The Labute approximate surface area is 166 Å². The fourth-order valence-corrected chi connectivity index (χ4v) is 3.56. The minimum absolute atomic E-state index is 0.164. The number of halogens is 1. The molecule has 0 radical (unpaired) electrons. The number of ether oxygens (including phenoxy) is 1. The lowest BCUT2D eigenvalue weighted by Gasteiger charge is -2.28. The van der Waals surface area contributed by atoms with Crippen molar-refractivity contribution in [3.8, 4) is 0 Å². The zero-order valence-electron chi connectivity index (χ0n) is 16.5. The summed E-state index contributed by atoms with van der Waals surface area (Å²) in [4.78, 5) is 27.0. The molecular weight excluding hydrogens is 362 g/mol. The largest absolute Gasteiger partial charge is 0.464 e. The summed E-state index contributed by atoms with van der Waals surface area (Å²) in [6.07, 6.45) is 0.217. The molecule has 0 aliphatic heterocycles. The van der Waals surface area contributed by atoms with E-state index in [9.17, 15) is 9.59 Å². The van der Waals surface area contributed by atoms with Crippen molar-refractivity contribution >= 4 is 23.5 Å². The Morgan fingerprint density at radius 3 is 2.26 bits per heavy atom. The molecule has 0 saturated carbocycles. The lowest BCUT2D eigenvalue weighted by molar-refractivity contribution is -0.154. The van der Waals surface area contributed by atoms with Crippen molar-refractivity contribution in [1.82, 2.24) is 4.90 Å². The van der Waals surface area contributed by atoms with Crippen molar-refractivity contribution in [3.05, 3.63) is 69.2 Å². The molecule has 0 N–H and O–H groups in total. The van der Waals surface area contributed by atoms with Gasteiger partial charge in [-0.1, -0.05) is 47.5 Å². The first-order valence-corrected chi connectivity index (χ1v) is 9.37. The lowest BCUT2D eigenvalue weighted by Crippen LogP contribution is -2.38. The van der Waals surface area contributed by atoms with Crippen molar-refractivity contribution in [2.45, 2.75) is 40.2 Å². The van der Waals surface area contributed by atoms with Crippen LogP contribution in [-0.4, -0.2) is 30.4 Å². The van der Waals surface area contributed by atoms with Crippen LogP contribution in [0.4, 0.5) is 0 Å². The predicted molar refractivity (Wildman–Crippen MR) is 108 cm³/mol. The van der Waals surface area contributed by atoms with E-state index >= 15 is 0 Å². The molecule has 1 atom stereocenters. The molecule has 2 rings (SSSR count). The Morgan fingerprint density at radius 1 is 1.11 bits per heavy atom. The third-order valence-electron chi connectivity index (χ3n) is 4.66. The molecule has 0 fully saturated rings. The maximum atomic E-state index is 13.0. The SMILES string of the molecule is CCOC(=O)C(c1ccccc1Cl)N(C)C(=O)Cc1c(C)cc(C)cc1C. The number of amides is 1. The molecule has 2 aromatic carbocycles. The fourth-order valence-electron chi connectivity index (χ4n) is 3.32. The standard InChI is InChI=1S/C22H26ClNO3/c1-6-27-22(26)21(17-9-7-8-10-19(17)23)24(5)20(25)13-18-15(3)11-14(2)12-16(18)4/h7-12,21H,6,13H2,1-5H3. The van der Waals surface area contributed by atoms with Gasteiger partial charge in [0.2, 0.25) is 5.91 Å². The van der Waals surface area contributed by atoms with E-state index in [1.54, 1.807) is 38.2 Å². The first-order valence-electron chi connectivity index (χ1n) is 8.99. The van der Waals surface area contributed by atoms with Gasteiger partial charge in [-0.2, -0.15) is 0 Å². The number of carbonyl (C=O) groups is 2. The van der Waals surface area contributed by atoms with Gasteiger partial charge in [-0.05, 0) is 50.5 Å². The first-order chi connectivity index (χ1) is 12.8. The molecule has 0 aliphatic rings. The highest BCUT2D eigenvalue weighted by Gasteiger charge is 2.31. The summed E-state index contributed by atoms with van der Waals surface area (Å²) >= 11 is 6.29. The molecule has 2 aromatic rings. The minimum atomic E-state index is -0.878. The van der Waals surface area contributed by atoms with Crippen molar-refractivity contribution in [1.29, 1.82) is 0 Å². The summed E-state index contributed by atoms with van der Waals surface area (Å²) in [6, 6.07) is 10.3. The lowest BCUT2D eigenvalue weighted by atomic mass is 9.96. The van der Waals surface area contributed by atoms with E-state index in [-0.39, 0.29) is 18.9 Å². The molecular formula is C22H26ClNO3. The van der Waals surface area contributed by atoms with Gasteiger partial charge in [0.05, 0.1) is 13.0 Å². The average molecular weight is 388 g/mol. The third kappa shape index (κ3) is 4.89. The van der Waals surface area contributed by atoms with Gasteiger partial charge in [-0.3, -0.25) is 4.79 Å². The van der Waals surface area contributed by atoms with Crippen molar-refractivity contribution < 1.29 is 14.3 Å². The van der Waals surface area contributed by atoms with E-state index in [2.05, 4.69) is 12.1 Å². The second-order valence-electron chi connectivity index (χ2n) is 6.73. The summed E-state index contributed by atoms with van der Waals surface area (Å²) in [5, 5.41) is 0.429. The van der Waals surface area contributed by atoms with Crippen LogP contribution in [0.5, 0.6) is 0 Å². The van der Waals surface area contributed by atoms with Gasteiger partial charge in [0.1, 0.15) is 0 Å². The van der Waals surface area contributed by atoms with E-state index in [0.717, 1.165) is 22.3 Å². The molecule has 0 saturated heterocycles. The quantitative estimate of drug-likeness (QED) is 0.682. The monoisotopic (exact) mass is 387 g/mol. The molecule has 144 valence electrons. The Bertz CT molecular complexity index is 824. The summed E-state index contributed by atoms with van der Waals surface area (Å²) in [5.41, 5.74) is 4.85. The van der Waals surface area contributed by atoms with Gasteiger partial charge in [0.15, 0.2) is 6.04 Å². The van der Waals surface area contributed by atoms with Gasteiger partial charge in [-0.15, -0.1) is 0 Å². The van der Waals surface area contributed by atoms with Crippen LogP contribution in [0.1, 0.15) is 40.8 Å². The summed E-state index contributed by atoms with van der Waals surface area (Å²) in [5.74, 6) is -0.651. The molecule has 5 heteroatoms. The van der Waals surface area contributed by atoms with E-state index in [1.165, 1.54) is 4.90 Å². The molecule has 27 heavy (non-hydrogen) atoms. The van der Waals surface area contributed by atoms with Gasteiger partial charge in [0.25, 0.3) is 0 Å². The molecule has 0 aliphatic carbocycles. The number of likely N-dealkylation sites (N-methyl/N-ethyl adjacent to an activating group) is 1. The summed E-state index contributed by atoms with van der Waals surface area (Å²) in [6.45, 7) is 8.01. The number of nitrogens with zero attached hydrogens (tertiary/aromatic N) is 1. The summed E-state index contributed by atoms with van der Waals surface area (Å²) in [7, 11) is 1.62. The molecule has 0 bridgehead atoms. The fraction of sp³-hybridized carbons (Fsp3) is 0.364. The van der Waals surface area contributed by atoms with Crippen molar-refractivity contribution in [2.24, 2.45) is 0 Å². The smallest absolute Gasteiger partial charge is 0.333 e. The van der Waals surface area contributed by atoms with Crippen LogP contribution in [-0.2, 0) is 20.7 Å². The van der Waals surface area contributed by atoms with Crippen LogP contribution in [0, 0.1) is 20.8 Å². The highest BCUT2D eigenvalue weighted by molar-refractivity contribution is 6.31. The number of benzene rings is 2. The normalized spacial score (nSPS) is 11.8. The minimum Gasteiger partial charge on any atom is -0.464 e. The van der Waals surface area contributed by atoms with Crippen LogP contribution in [0.3, 0.4) is 0 Å². The van der Waals surface area contributed by atoms with Gasteiger partial charge in [-0.25, -0.2) is 4.79 Å². The maximum Gasteiger partial charge on any atom is 0.333 e. The van der Waals surface area contributed by atoms with Crippen LogP contribution in [0.15, 0.2) is 36.4 Å². The molecule has 4 nitrogen and oxygen atoms in total. The topological polar surface area (TPSA) is 46.6 Å². The van der Waals surface area contributed by atoms with E-state index in [4.69, 9.17) is 16.3 Å². The average Bonchev–Trinajstić information content (AvgIpc) is 2.60. The number of aryl methyl sites for hydroxylation is 3. The van der Waals surface area contributed by atoms with E-state index in [1.807, 2.05) is 20.8 Å². The highest BCUT2D eigenvalue weighted by Crippen LogP contribution is 2.29. The van der Waals surface area contributed by atoms with Crippen LogP contribution >= 0.6 is 11.6 Å². The van der Waals surface area contributed by atoms with Crippen LogP contribution in [0.25, 0.3) is 0 Å². The Balaban J connectivity index is 2.35. The second-order valence-corrected chi connectivity index (χ2v) is 7.14. The van der Waals surface area contributed by atoms with Crippen molar-refractivity contribution in [3.63, 3.8) is 0 Å². The Kier molecular flexibility index (Phi) is 7.03. The van der Waals surface area contributed by atoms with E-state index in [0.29, 0.717) is 10.6 Å². The molecule has 0 aromatic heterocycles. The van der Waals surface area contributed by atoms with Crippen molar-refractivity contribution in [2.75, 3.05) is 13.7 Å². The third-order valence-corrected chi connectivity index (χ3v) is 5.00. The van der Waals surface area contributed by atoms with E-state index < -0.39 is 12.0 Å². The number of rotatable bonds is 6. The number of hydrogen-bond acceptors (Lipinski definition) is 3. The first kappa shape index (κ1) is 21.0. The molecule has 1 amide bonds. The second kappa shape index (κ2) is 9.05.